The van der Waals surface area contributed by atoms with Crippen LogP contribution in [0, 0.1) is 0 Å². The minimum Gasteiger partial charge on any atom is -0.390 e. The zero-order valence-electron chi connectivity index (χ0n) is 14.0. The Bertz CT molecular complexity index is 282. The SMILES string of the molecule is CC.CC(=O)CCCC[C@@H](C)O[C@@H]1OC(C)[C@H](O)CC1O. The molecular weight excluding hydrogens is 272 g/mol. The normalized spacial score (nSPS) is 30.2. The fraction of sp³-hybridized carbons (Fsp3) is 0.938. The molecule has 0 aromatic heterocycles. The Morgan fingerprint density at radius 2 is 1.90 bits per heavy atom. The van der Waals surface area contributed by atoms with Crippen LogP contribution in [0.25, 0.3) is 0 Å². The van der Waals surface area contributed by atoms with Crippen LogP contribution in [0.3, 0.4) is 0 Å². The lowest BCUT2D eigenvalue weighted by molar-refractivity contribution is -0.273. The first kappa shape index (κ1) is 20.5. The molecule has 21 heavy (non-hydrogen) atoms. The van der Waals surface area contributed by atoms with Crippen LogP contribution >= 0.6 is 0 Å². The second kappa shape index (κ2) is 11.1. The van der Waals surface area contributed by atoms with E-state index in [0.717, 1.165) is 19.3 Å². The smallest absolute Gasteiger partial charge is 0.184 e. The molecule has 1 fully saturated rings. The number of Topliss-reactive ketones (excluding diaryl/α,β-unsaturated/α-hetero) is 1. The molecule has 1 aliphatic heterocycles. The summed E-state index contributed by atoms with van der Waals surface area (Å²) in [5.74, 6) is 0.211. The first-order valence-electron chi connectivity index (χ1n) is 8.06. The predicted molar refractivity (Wildman–Crippen MR) is 82.0 cm³/mol. The van der Waals surface area contributed by atoms with Crippen LogP contribution in [-0.2, 0) is 14.3 Å². The summed E-state index contributed by atoms with van der Waals surface area (Å²) in [5.41, 5.74) is 0. The lowest BCUT2D eigenvalue weighted by Crippen LogP contribution is -2.48. The highest BCUT2D eigenvalue weighted by atomic mass is 16.7. The van der Waals surface area contributed by atoms with Gasteiger partial charge in [-0.25, -0.2) is 0 Å². The molecule has 1 aliphatic rings. The summed E-state index contributed by atoms with van der Waals surface area (Å²) in [4.78, 5) is 10.8. The average molecular weight is 304 g/mol. The zero-order valence-corrected chi connectivity index (χ0v) is 14.0. The van der Waals surface area contributed by atoms with Crippen molar-refractivity contribution in [3.8, 4) is 0 Å². The van der Waals surface area contributed by atoms with Gasteiger partial charge in [0, 0.05) is 12.8 Å². The van der Waals surface area contributed by atoms with E-state index in [1.807, 2.05) is 20.8 Å². The summed E-state index contributed by atoms with van der Waals surface area (Å²) in [7, 11) is 0. The number of aliphatic hydroxyl groups is 2. The number of carbonyl (C=O) groups is 1. The molecule has 126 valence electrons. The van der Waals surface area contributed by atoms with E-state index in [2.05, 4.69) is 0 Å². The number of aliphatic hydroxyl groups excluding tert-OH is 2. The molecule has 0 aliphatic carbocycles. The highest BCUT2D eigenvalue weighted by Gasteiger charge is 2.35. The Kier molecular flexibility index (Phi) is 10.9. The molecule has 1 rings (SSSR count). The average Bonchev–Trinajstić information content (AvgIpc) is 2.43. The van der Waals surface area contributed by atoms with Gasteiger partial charge in [-0.3, -0.25) is 0 Å². The van der Waals surface area contributed by atoms with Gasteiger partial charge in [0.05, 0.1) is 18.3 Å². The topological polar surface area (TPSA) is 76.0 Å². The minimum atomic E-state index is -0.786. The fourth-order valence-corrected chi connectivity index (χ4v) is 2.17. The van der Waals surface area contributed by atoms with Crippen LogP contribution in [0.5, 0.6) is 0 Å². The van der Waals surface area contributed by atoms with E-state index in [-0.39, 0.29) is 24.4 Å². The quantitative estimate of drug-likeness (QED) is 0.706. The van der Waals surface area contributed by atoms with Gasteiger partial charge in [0.2, 0.25) is 0 Å². The Labute approximate surface area is 128 Å². The Balaban J connectivity index is 0.00000191. The van der Waals surface area contributed by atoms with Crippen molar-refractivity contribution in [1.29, 1.82) is 0 Å². The third-order valence-electron chi connectivity index (χ3n) is 3.44. The number of carbonyl (C=O) groups excluding carboxylic acids is 1. The van der Waals surface area contributed by atoms with E-state index in [1.54, 1.807) is 13.8 Å². The summed E-state index contributed by atoms with van der Waals surface area (Å²) >= 11 is 0. The maximum atomic E-state index is 10.8. The van der Waals surface area contributed by atoms with Crippen molar-refractivity contribution in [2.75, 3.05) is 0 Å². The molecule has 2 unspecified atom stereocenters. The van der Waals surface area contributed by atoms with Gasteiger partial charge in [-0.15, -0.1) is 0 Å². The van der Waals surface area contributed by atoms with Gasteiger partial charge in [-0.05, 0) is 33.6 Å². The molecular formula is C16H32O5. The first-order chi connectivity index (χ1) is 9.90. The van der Waals surface area contributed by atoms with E-state index in [0.29, 0.717) is 6.42 Å². The van der Waals surface area contributed by atoms with E-state index in [9.17, 15) is 15.0 Å². The van der Waals surface area contributed by atoms with Gasteiger partial charge < -0.3 is 24.5 Å². The van der Waals surface area contributed by atoms with E-state index >= 15 is 0 Å². The van der Waals surface area contributed by atoms with E-state index < -0.39 is 18.5 Å². The van der Waals surface area contributed by atoms with Gasteiger partial charge in [0.1, 0.15) is 11.9 Å². The molecule has 5 nitrogen and oxygen atoms in total. The first-order valence-corrected chi connectivity index (χ1v) is 8.06. The van der Waals surface area contributed by atoms with Crippen molar-refractivity contribution in [2.24, 2.45) is 0 Å². The number of ketones is 1. The fourth-order valence-electron chi connectivity index (χ4n) is 2.17. The minimum absolute atomic E-state index is 0.0333. The van der Waals surface area contributed by atoms with Crippen molar-refractivity contribution in [3.05, 3.63) is 0 Å². The monoisotopic (exact) mass is 304 g/mol. The molecule has 5 atom stereocenters. The van der Waals surface area contributed by atoms with Crippen molar-refractivity contribution in [3.63, 3.8) is 0 Å². The Morgan fingerprint density at radius 1 is 1.29 bits per heavy atom. The van der Waals surface area contributed by atoms with Crippen molar-refractivity contribution in [2.45, 2.75) is 97.4 Å². The third-order valence-corrected chi connectivity index (χ3v) is 3.44. The highest BCUT2D eigenvalue weighted by Crippen LogP contribution is 2.23. The van der Waals surface area contributed by atoms with Crippen molar-refractivity contribution >= 4 is 5.78 Å². The van der Waals surface area contributed by atoms with Crippen LogP contribution in [-0.4, -0.2) is 46.7 Å². The molecule has 1 saturated heterocycles. The maximum Gasteiger partial charge on any atom is 0.184 e. The molecule has 5 heteroatoms. The van der Waals surface area contributed by atoms with Crippen LogP contribution < -0.4 is 0 Å². The summed E-state index contributed by atoms with van der Waals surface area (Å²) in [6.07, 6.45) is 1.06. The standard InChI is InChI=1S/C14H26O5.C2H6/c1-9(15)6-4-5-7-10(2)18-14-13(17)8-12(16)11(3)19-14;1-2/h10-14,16-17H,4-8H2,1-3H3;1-2H3/t10-,11?,12-,13?,14-;/m1./s1. The second-order valence-electron chi connectivity index (χ2n) is 5.47. The maximum absolute atomic E-state index is 10.8. The van der Waals surface area contributed by atoms with Crippen LogP contribution in [0.1, 0.15) is 66.7 Å². The summed E-state index contributed by atoms with van der Waals surface area (Å²) in [6, 6.07) is 0. The lowest BCUT2D eigenvalue weighted by Gasteiger charge is -2.36. The summed E-state index contributed by atoms with van der Waals surface area (Å²) in [5, 5.41) is 19.3. The van der Waals surface area contributed by atoms with Crippen LogP contribution in [0.4, 0.5) is 0 Å². The largest absolute Gasteiger partial charge is 0.390 e. The van der Waals surface area contributed by atoms with Gasteiger partial charge in [0.15, 0.2) is 6.29 Å². The third kappa shape index (κ3) is 8.51. The van der Waals surface area contributed by atoms with Gasteiger partial charge in [-0.1, -0.05) is 20.3 Å². The molecule has 1 heterocycles. The second-order valence-corrected chi connectivity index (χ2v) is 5.47. The summed E-state index contributed by atoms with van der Waals surface area (Å²) in [6.45, 7) is 9.29. The summed E-state index contributed by atoms with van der Waals surface area (Å²) < 4.78 is 11.1. The number of unbranched alkanes of at least 4 members (excludes halogenated alkanes) is 1. The molecule has 0 bridgehead atoms. The predicted octanol–water partition coefficient (Wildman–Crippen LogP) is 2.42. The van der Waals surface area contributed by atoms with Gasteiger partial charge in [-0.2, -0.15) is 0 Å². The van der Waals surface area contributed by atoms with E-state index in [4.69, 9.17) is 9.47 Å². The highest BCUT2D eigenvalue weighted by molar-refractivity contribution is 5.75. The molecule has 0 aromatic rings. The molecule has 0 aromatic carbocycles. The molecule has 0 saturated carbocycles. The molecule has 0 spiro atoms. The number of ether oxygens (including phenoxy) is 2. The number of rotatable bonds is 7. The zero-order chi connectivity index (χ0) is 16.4. The van der Waals surface area contributed by atoms with Crippen LogP contribution in [0.15, 0.2) is 0 Å². The van der Waals surface area contributed by atoms with Gasteiger partial charge >= 0.3 is 0 Å². The van der Waals surface area contributed by atoms with Gasteiger partial charge in [0.25, 0.3) is 0 Å². The van der Waals surface area contributed by atoms with E-state index in [1.165, 1.54) is 0 Å². The molecule has 0 radical (unpaired) electrons. The molecule has 0 amide bonds. The number of hydrogen-bond donors (Lipinski definition) is 2. The van der Waals surface area contributed by atoms with Crippen LogP contribution in [0.2, 0.25) is 0 Å². The van der Waals surface area contributed by atoms with Crippen molar-refractivity contribution in [1.82, 2.24) is 0 Å². The number of hydrogen-bond acceptors (Lipinski definition) is 5. The Hall–Kier alpha value is -0.490. The molecule has 2 N–H and O–H groups in total. The van der Waals surface area contributed by atoms with Crippen molar-refractivity contribution < 1.29 is 24.5 Å². The lowest BCUT2D eigenvalue weighted by atomic mass is 10.0. The Morgan fingerprint density at radius 3 is 2.48 bits per heavy atom.